The molecule has 0 aromatic heterocycles. The van der Waals surface area contributed by atoms with Crippen molar-refractivity contribution in [3.8, 4) is 0 Å². The van der Waals surface area contributed by atoms with Gasteiger partial charge >= 0.3 is 0 Å². The Balaban J connectivity index is 2.71. The molecule has 66 valence electrons. The Labute approximate surface area is 77.2 Å². The predicted octanol–water partition coefficient (Wildman–Crippen LogP) is 2.44. The summed E-state index contributed by atoms with van der Waals surface area (Å²) in [6, 6.07) is 0. The van der Waals surface area contributed by atoms with Crippen molar-refractivity contribution < 1.29 is 0 Å². The third-order valence-electron chi connectivity index (χ3n) is 3.35. The Morgan fingerprint density at radius 2 is 2.17 bits per heavy atom. The lowest BCUT2D eigenvalue weighted by Gasteiger charge is -2.16. The summed E-state index contributed by atoms with van der Waals surface area (Å²) in [5, 5.41) is 0. The van der Waals surface area contributed by atoms with Gasteiger partial charge in [0.2, 0.25) is 0 Å². The average molecular weight is 162 g/mol. The standard InChI is InChI=1S/C11H19B/c1-4-6-9-7-11(12)8(3)10(9)5-2/h4-6,8-11H,2,7,12H2,1,3H3/b6-4+. The molecule has 0 aromatic carbocycles. The zero-order valence-electron chi connectivity index (χ0n) is 8.46. The summed E-state index contributed by atoms with van der Waals surface area (Å²) in [5.41, 5.74) is 0. The van der Waals surface area contributed by atoms with Gasteiger partial charge in [-0.05, 0) is 24.7 Å². The molecule has 0 nitrogen and oxygen atoms in total. The fourth-order valence-electron chi connectivity index (χ4n) is 2.41. The molecule has 0 aliphatic heterocycles. The van der Waals surface area contributed by atoms with Crippen LogP contribution in [0.1, 0.15) is 20.3 Å². The molecule has 1 heteroatoms. The largest absolute Gasteiger partial charge is 0.105 e. The molecule has 0 spiro atoms. The van der Waals surface area contributed by atoms with Gasteiger partial charge in [-0.1, -0.05) is 37.4 Å². The van der Waals surface area contributed by atoms with Crippen LogP contribution in [-0.4, -0.2) is 7.85 Å². The molecule has 0 aromatic rings. The van der Waals surface area contributed by atoms with Crippen molar-refractivity contribution in [2.24, 2.45) is 17.8 Å². The molecule has 0 heterocycles. The first-order valence-corrected chi connectivity index (χ1v) is 4.96. The van der Waals surface area contributed by atoms with E-state index in [9.17, 15) is 0 Å². The van der Waals surface area contributed by atoms with Gasteiger partial charge in [-0.25, -0.2) is 0 Å². The maximum Gasteiger partial charge on any atom is 0.105 e. The lowest BCUT2D eigenvalue weighted by molar-refractivity contribution is 0.455. The zero-order valence-corrected chi connectivity index (χ0v) is 8.46. The van der Waals surface area contributed by atoms with Gasteiger partial charge in [0.05, 0.1) is 0 Å². The van der Waals surface area contributed by atoms with Gasteiger partial charge in [0.1, 0.15) is 7.85 Å². The first kappa shape index (κ1) is 9.63. The number of allylic oxidation sites excluding steroid dienone is 3. The third kappa shape index (κ3) is 1.65. The fourth-order valence-corrected chi connectivity index (χ4v) is 2.41. The highest BCUT2D eigenvalue weighted by Gasteiger charge is 2.34. The molecule has 4 atom stereocenters. The van der Waals surface area contributed by atoms with Gasteiger partial charge in [0, 0.05) is 0 Å². The van der Waals surface area contributed by atoms with Gasteiger partial charge < -0.3 is 0 Å². The second-order valence-corrected chi connectivity index (χ2v) is 4.07. The summed E-state index contributed by atoms with van der Waals surface area (Å²) in [5.74, 6) is 3.12. The quantitative estimate of drug-likeness (QED) is 0.432. The van der Waals surface area contributed by atoms with Crippen molar-refractivity contribution in [1.82, 2.24) is 0 Å². The van der Waals surface area contributed by atoms with Crippen LogP contribution in [0.5, 0.6) is 0 Å². The number of hydrogen-bond donors (Lipinski definition) is 0. The maximum absolute atomic E-state index is 3.93. The van der Waals surface area contributed by atoms with Crippen molar-refractivity contribution >= 4 is 7.85 Å². The van der Waals surface area contributed by atoms with Crippen molar-refractivity contribution in [2.75, 3.05) is 0 Å². The van der Waals surface area contributed by atoms with Crippen molar-refractivity contribution in [2.45, 2.75) is 26.1 Å². The van der Waals surface area contributed by atoms with E-state index in [-0.39, 0.29) is 0 Å². The summed E-state index contributed by atoms with van der Waals surface area (Å²) in [6.07, 6.45) is 7.99. The smallest absolute Gasteiger partial charge is 0.103 e. The van der Waals surface area contributed by atoms with Crippen LogP contribution >= 0.6 is 0 Å². The summed E-state index contributed by atoms with van der Waals surface area (Å²) in [4.78, 5) is 0. The zero-order chi connectivity index (χ0) is 9.14. The Morgan fingerprint density at radius 3 is 2.67 bits per heavy atom. The average Bonchev–Trinajstić information content (AvgIpc) is 2.29. The van der Waals surface area contributed by atoms with Crippen LogP contribution in [0.2, 0.25) is 5.82 Å². The van der Waals surface area contributed by atoms with E-state index < -0.39 is 0 Å². The number of rotatable bonds is 2. The molecule has 1 aliphatic carbocycles. The Morgan fingerprint density at radius 1 is 1.50 bits per heavy atom. The van der Waals surface area contributed by atoms with Crippen LogP contribution < -0.4 is 0 Å². The maximum atomic E-state index is 3.93. The summed E-state index contributed by atoms with van der Waals surface area (Å²) >= 11 is 0. The highest BCUT2D eigenvalue weighted by molar-refractivity contribution is 6.12. The summed E-state index contributed by atoms with van der Waals surface area (Å²) < 4.78 is 0. The summed E-state index contributed by atoms with van der Waals surface area (Å²) in [7, 11) is 2.35. The van der Waals surface area contributed by atoms with E-state index in [0.29, 0.717) is 5.92 Å². The second-order valence-electron chi connectivity index (χ2n) is 4.07. The molecule has 1 aliphatic rings. The topological polar surface area (TPSA) is 0 Å². The highest BCUT2D eigenvalue weighted by atomic mass is 14.4. The summed E-state index contributed by atoms with van der Waals surface area (Å²) in [6.45, 7) is 8.38. The second kappa shape index (κ2) is 3.98. The molecule has 4 unspecified atom stereocenters. The minimum Gasteiger partial charge on any atom is -0.103 e. The van der Waals surface area contributed by atoms with E-state index >= 15 is 0 Å². The lowest BCUT2D eigenvalue weighted by atomic mass is 9.78. The van der Waals surface area contributed by atoms with E-state index in [1.807, 2.05) is 0 Å². The molecule has 1 fully saturated rings. The Kier molecular flexibility index (Phi) is 3.19. The van der Waals surface area contributed by atoms with E-state index in [0.717, 1.165) is 17.7 Å². The van der Waals surface area contributed by atoms with Gasteiger partial charge in [-0.3, -0.25) is 0 Å². The van der Waals surface area contributed by atoms with E-state index in [4.69, 9.17) is 0 Å². The monoisotopic (exact) mass is 162 g/mol. The molecular weight excluding hydrogens is 143 g/mol. The highest BCUT2D eigenvalue weighted by Crippen LogP contribution is 2.44. The molecule has 0 N–H and O–H groups in total. The normalized spacial score (nSPS) is 42.2. The van der Waals surface area contributed by atoms with E-state index in [2.05, 4.69) is 46.5 Å². The predicted molar refractivity (Wildman–Crippen MR) is 58.1 cm³/mol. The van der Waals surface area contributed by atoms with Gasteiger partial charge in [0.25, 0.3) is 0 Å². The van der Waals surface area contributed by atoms with Crippen LogP contribution in [0.3, 0.4) is 0 Å². The van der Waals surface area contributed by atoms with Crippen LogP contribution in [0.25, 0.3) is 0 Å². The number of hydrogen-bond acceptors (Lipinski definition) is 0. The van der Waals surface area contributed by atoms with Crippen molar-refractivity contribution in [1.29, 1.82) is 0 Å². The van der Waals surface area contributed by atoms with Crippen LogP contribution in [0, 0.1) is 17.8 Å². The van der Waals surface area contributed by atoms with E-state index in [1.54, 1.807) is 0 Å². The van der Waals surface area contributed by atoms with Gasteiger partial charge in [0.15, 0.2) is 0 Å². The van der Waals surface area contributed by atoms with Crippen LogP contribution in [0.15, 0.2) is 24.8 Å². The van der Waals surface area contributed by atoms with Crippen LogP contribution in [0.4, 0.5) is 0 Å². The fraction of sp³-hybridized carbons (Fsp3) is 0.636. The molecule has 1 saturated carbocycles. The molecule has 0 radical (unpaired) electrons. The SMILES string of the molecule is BC1CC(/C=C/C)C(C=C)C1C. The van der Waals surface area contributed by atoms with Gasteiger partial charge in [-0.2, -0.15) is 0 Å². The molecule has 0 amide bonds. The molecule has 0 bridgehead atoms. The lowest BCUT2D eigenvalue weighted by Crippen LogP contribution is -2.09. The molecule has 0 saturated heterocycles. The van der Waals surface area contributed by atoms with Crippen LogP contribution in [-0.2, 0) is 0 Å². The first-order valence-electron chi connectivity index (χ1n) is 4.96. The Bertz CT molecular complexity index is 183. The van der Waals surface area contributed by atoms with Crippen molar-refractivity contribution in [3.05, 3.63) is 24.8 Å². The van der Waals surface area contributed by atoms with Gasteiger partial charge in [-0.15, -0.1) is 6.58 Å². The van der Waals surface area contributed by atoms with E-state index in [1.165, 1.54) is 6.42 Å². The third-order valence-corrected chi connectivity index (χ3v) is 3.35. The Hall–Kier alpha value is -0.455. The first-order chi connectivity index (χ1) is 5.70. The van der Waals surface area contributed by atoms with Crippen molar-refractivity contribution in [3.63, 3.8) is 0 Å². The molecular formula is C11H19B. The minimum absolute atomic E-state index is 0.705. The molecule has 1 rings (SSSR count). The minimum atomic E-state index is 0.705. The molecule has 12 heavy (non-hydrogen) atoms.